The molecule has 9 heteroatoms. The molecule has 2 aromatic rings. The molecule has 34 heavy (non-hydrogen) atoms. The molecule has 5 rings (SSSR count). The molecule has 0 amide bonds. The minimum absolute atomic E-state index is 0.234. The van der Waals surface area contributed by atoms with Crippen molar-refractivity contribution in [3.05, 3.63) is 71.6 Å². The minimum Gasteiger partial charge on any atom is -0.379 e. The number of benzene rings is 1. The van der Waals surface area contributed by atoms with E-state index in [0.717, 1.165) is 29.9 Å². The molecule has 4 unspecified atom stereocenters. The van der Waals surface area contributed by atoms with Crippen molar-refractivity contribution in [2.45, 2.75) is 37.1 Å². The first-order valence-corrected chi connectivity index (χ1v) is 12.2. The van der Waals surface area contributed by atoms with E-state index in [9.17, 15) is 0 Å². The third-order valence-electron chi connectivity index (χ3n) is 6.93. The first-order chi connectivity index (χ1) is 16.4. The third kappa shape index (κ3) is 4.60. The number of hydrogen-bond acceptors (Lipinski definition) is 6. The summed E-state index contributed by atoms with van der Waals surface area (Å²) in [5.74, 6) is -2.24. The van der Waals surface area contributed by atoms with Crippen molar-refractivity contribution in [1.82, 2.24) is 25.5 Å². The zero-order chi connectivity index (χ0) is 23.8. The van der Waals surface area contributed by atoms with Gasteiger partial charge in [-0.1, -0.05) is 42.0 Å². The van der Waals surface area contributed by atoms with Crippen molar-refractivity contribution in [3.8, 4) is 0 Å². The summed E-state index contributed by atoms with van der Waals surface area (Å²) in [4.78, 5) is 1.34. The molecule has 3 aliphatic heterocycles. The number of nitrogens with zero attached hydrogens (tertiary/aromatic N) is 3. The van der Waals surface area contributed by atoms with Crippen LogP contribution in [0.15, 0.2) is 60.3 Å². The van der Waals surface area contributed by atoms with Crippen LogP contribution in [-0.4, -0.2) is 69.8 Å². The fourth-order valence-corrected chi connectivity index (χ4v) is 5.77. The number of ether oxygens (including phenoxy) is 1. The zero-order valence-corrected chi connectivity index (χ0v) is 20.4. The monoisotopic (exact) mass is 486 g/mol. The van der Waals surface area contributed by atoms with Crippen molar-refractivity contribution in [2.75, 3.05) is 38.2 Å². The van der Waals surface area contributed by atoms with Crippen LogP contribution < -0.4 is 10.7 Å². The fourth-order valence-electron chi connectivity index (χ4n) is 5.20. The maximum Gasteiger partial charge on any atom is 0.258 e. The van der Waals surface area contributed by atoms with E-state index in [2.05, 4.69) is 31.9 Å². The first-order valence-electron chi connectivity index (χ1n) is 11.8. The number of allylic oxidation sites excluding steroid dienone is 2. The van der Waals surface area contributed by atoms with Gasteiger partial charge in [-0.2, -0.15) is 14.9 Å². The lowest BCUT2D eigenvalue weighted by molar-refractivity contribution is -0.0923. The van der Waals surface area contributed by atoms with Gasteiger partial charge in [0.15, 0.2) is 5.82 Å². The van der Waals surface area contributed by atoms with Gasteiger partial charge in [0, 0.05) is 37.6 Å². The van der Waals surface area contributed by atoms with Crippen LogP contribution in [0, 0.1) is 12.8 Å². The quantitative estimate of drug-likeness (QED) is 0.428. The smallest absolute Gasteiger partial charge is 0.258 e. The highest BCUT2D eigenvalue weighted by molar-refractivity contribution is 6.25. The standard InChI is InChI=1S/C25H32ClFN6O/c1-18-8-9-33-22(14-18)24(26,17-32-10-12-34-13-11-32)21(16-20-6-4-3-5-7-20)25(27,31-33)28-23-15-19(2)29-30-23/h3-9,14-15,21-22,31H,10-13,16-17H2,1-2H3,(H2,28,29,30). The van der Waals surface area contributed by atoms with E-state index < -0.39 is 16.7 Å². The summed E-state index contributed by atoms with van der Waals surface area (Å²) in [6.07, 6.45) is 6.43. The topological polar surface area (TPSA) is 68.5 Å². The lowest BCUT2D eigenvalue weighted by atomic mass is 9.74. The molecule has 0 saturated carbocycles. The number of fused-ring (bicyclic) bond motifs is 1. The summed E-state index contributed by atoms with van der Waals surface area (Å²) >= 11 is 7.67. The van der Waals surface area contributed by atoms with Crippen molar-refractivity contribution in [2.24, 2.45) is 5.92 Å². The predicted molar refractivity (Wildman–Crippen MR) is 132 cm³/mol. The number of aromatic nitrogens is 2. The summed E-state index contributed by atoms with van der Waals surface area (Å²) < 4.78 is 22.8. The Morgan fingerprint density at radius 1 is 1.24 bits per heavy atom. The van der Waals surface area contributed by atoms with Gasteiger partial charge in [-0.05, 0) is 31.9 Å². The molecule has 4 heterocycles. The van der Waals surface area contributed by atoms with Crippen molar-refractivity contribution in [3.63, 3.8) is 0 Å². The number of H-pyrrole nitrogens is 1. The molecule has 7 nitrogen and oxygen atoms in total. The van der Waals surface area contributed by atoms with E-state index in [1.54, 1.807) is 11.1 Å². The first kappa shape index (κ1) is 23.4. The van der Waals surface area contributed by atoms with Crippen LogP contribution in [0.3, 0.4) is 0 Å². The van der Waals surface area contributed by atoms with Gasteiger partial charge in [0.05, 0.1) is 30.0 Å². The maximum absolute atomic E-state index is 17.2. The average Bonchev–Trinajstić information content (AvgIpc) is 3.23. The van der Waals surface area contributed by atoms with Crippen LogP contribution in [0.2, 0.25) is 0 Å². The highest BCUT2D eigenvalue weighted by Gasteiger charge is 2.61. The molecule has 0 aliphatic carbocycles. The second-order valence-corrected chi connectivity index (χ2v) is 10.2. The van der Waals surface area contributed by atoms with Crippen molar-refractivity contribution in [1.29, 1.82) is 0 Å². The van der Waals surface area contributed by atoms with Crippen molar-refractivity contribution < 1.29 is 9.13 Å². The van der Waals surface area contributed by atoms with Gasteiger partial charge in [-0.3, -0.25) is 10.00 Å². The molecule has 3 aliphatic rings. The lowest BCUT2D eigenvalue weighted by Crippen LogP contribution is -2.77. The number of hydrogen-bond donors (Lipinski definition) is 3. The second kappa shape index (κ2) is 9.34. The Morgan fingerprint density at radius 3 is 2.71 bits per heavy atom. The van der Waals surface area contributed by atoms with Crippen LogP contribution in [0.1, 0.15) is 18.2 Å². The molecule has 182 valence electrons. The van der Waals surface area contributed by atoms with Gasteiger partial charge in [0.2, 0.25) is 0 Å². The molecule has 2 saturated heterocycles. The van der Waals surface area contributed by atoms with E-state index in [1.807, 2.05) is 56.5 Å². The van der Waals surface area contributed by atoms with Crippen LogP contribution >= 0.6 is 11.6 Å². The Bertz CT molecular complexity index is 1050. The van der Waals surface area contributed by atoms with Gasteiger partial charge in [-0.25, -0.2) is 0 Å². The third-order valence-corrected chi connectivity index (χ3v) is 7.54. The van der Waals surface area contributed by atoms with Crippen LogP contribution in [0.4, 0.5) is 10.2 Å². The summed E-state index contributed by atoms with van der Waals surface area (Å²) in [5, 5.41) is 12.0. The van der Waals surface area contributed by atoms with Gasteiger partial charge >= 0.3 is 0 Å². The van der Waals surface area contributed by atoms with Gasteiger partial charge in [0.25, 0.3) is 5.92 Å². The minimum atomic E-state index is -2.05. The number of alkyl halides is 2. The van der Waals surface area contributed by atoms with Crippen LogP contribution in [0.25, 0.3) is 0 Å². The molecule has 0 radical (unpaired) electrons. The number of hydrazine groups is 1. The Morgan fingerprint density at radius 2 is 2.00 bits per heavy atom. The summed E-state index contributed by atoms with van der Waals surface area (Å²) in [5.41, 5.74) is 6.10. The Kier molecular flexibility index (Phi) is 6.41. The lowest BCUT2D eigenvalue weighted by Gasteiger charge is -2.57. The van der Waals surface area contributed by atoms with E-state index in [-0.39, 0.29) is 6.04 Å². The summed E-state index contributed by atoms with van der Waals surface area (Å²) in [6, 6.07) is 11.5. The Balaban J connectivity index is 1.58. The van der Waals surface area contributed by atoms with E-state index in [1.165, 1.54) is 0 Å². The molecular formula is C25H32ClFN6O. The van der Waals surface area contributed by atoms with E-state index in [4.69, 9.17) is 16.3 Å². The molecule has 2 fully saturated rings. The number of rotatable bonds is 6. The maximum atomic E-state index is 17.2. The number of nitrogens with one attached hydrogen (secondary N) is 3. The summed E-state index contributed by atoms with van der Waals surface area (Å²) in [6.45, 7) is 7.33. The van der Waals surface area contributed by atoms with Crippen LogP contribution in [-0.2, 0) is 11.2 Å². The van der Waals surface area contributed by atoms with Gasteiger partial charge in [-0.15, -0.1) is 11.6 Å². The van der Waals surface area contributed by atoms with E-state index in [0.29, 0.717) is 32.0 Å². The Labute approximate surface area is 205 Å². The number of aryl methyl sites for hydroxylation is 1. The van der Waals surface area contributed by atoms with Crippen molar-refractivity contribution >= 4 is 17.4 Å². The molecule has 1 aromatic carbocycles. The highest BCUT2D eigenvalue weighted by atomic mass is 35.5. The fraction of sp³-hybridized carbons (Fsp3) is 0.480. The van der Waals surface area contributed by atoms with Crippen LogP contribution in [0.5, 0.6) is 0 Å². The number of morpholine rings is 1. The second-order valence-electron chi connectivity index (χ2n) is 9.52. The normalized spacial score (nSPS) is 31.8. The average molecular weight is 487 g/mol. The SMILES string of the molecule is CC1=CC2N(C=C1)NC(F)(Nc1cc(C)[nH]n1)C(Cc1ccccc1)C2(Cl)CN1CCOCC1. The highest BCUT2D eigenvalue weighted by Crippen LogP contribution is 2.47. The van der Waals surface area contributed by atoms with Gasteiger partial charge < -0.3 is 15.1 Å². The summed E-state index contributed by atoms with van der Waals surface area (Å²) in [7, 11) is 0. The molecule has 1 aromatic heterocycles. The molecule has 3 N–H and O–H groups in total. The van der Waals surface area contributed by atoms with Gasteiger partial charge in [0.1, 0.15) is 0 Å². The number of halogens is 2. The molecule has 4 atom stereocenters. The zero-order valence-electron chi connectivity index (χ0n) is 19.6. The molecular weight excluding hydrogens is 455 g/mol. The predicted octanol–water partition coefficient (Wildman–Crippen LogP) is 3.58. The number of anilines is 1. The Hall–Kier alpha value is -2.39. The molecule has 0 bridgehead atoms. The van der Waals surface area contributed by atoms with E-state index >= 15 is 4.39 Å². The number of aromatic amines is 1. The molecule has 0 spiro atoms. The largest absolute Gasteiger partial charge is 0.379 e.